The lowest BCUT2D eigenvalue weighted by Gasteiger charge is -2.31. The summed E-state index contributed by atoms with van der Waals surface area (Å²) >= 11 is 0. The number of morpholine rings is 1. The maximum Gasteiger partial charge on any atom is 0.282 e. The lowest BCUT2D eigenvalue weighted by Crippen LogP contribution is -2.49. The Labute approximate surface area is 147 Å². The molecule has 2 saturated heterocycles. The van der Waals surface area contributed by atoms with E-state index in [-0.39, 0.29) is 43.9 Å². The van der Waals surface area contributed by atoms with E-state index >= 15 is 0 Å². The van der Waals surface area contributed by atoms with Crippen molar-refractivity contribution in [3.8, 4) is 0 Å². The van der Waals surface area contributed by atoms with Crippen LogP contribution in [0.2, 0.25) is 0 Å². The maximum atomic E-state index is 14.1. The van der Waals surface area contributed by atoms with Crippen LogP contribution in [-0.2, 0) is 24.8 Å². The molecular formula is C15H21FN2O5S2. The number of nitrogens with zero attached hydrogens (tertiary/aromatic N) is 2. The van der Waals surface area contributed by atoms with Gasteiger partial charge in [-0.25, -0.2) is 12.8 Å². The second kappa shape index (κ2) is 7.28. The second-order valence-electron chi connectivity index (χ2n) is 6.08. The van der Waals surface area contributed by atoms with Gasteiger partial charge >= 0.3 is 0 Å². The SMILES string of the molecule is O=S1(=O)CCN(S(=O)(=O)N2CCOCC2)CCC1c1ccccc1F. The van der Waals surface area contributed by atoms with Crippen LogP contribution >= 0.6 is 0 Å². The van der Waals surface area contributed by atoms with E-state index in [1.54, 1.807) is 6.07 Å². The Kier molecular flexibility index (Phi) is 5.45. The Bertz CT molecular complexity index is 822. The highest BCUT2D eigenvalue weighted by atomic mass is 32.2. The Balaban J connectivity index is 1.84. The van der Waals surface area contributed by atoms with Crippen molar-refractivity contribution in [2.75, 3.05) is 45.1 Å². The first-order valence-corrected chi connectivity index (χ1v) is 11.2. The molecule has 7 nitrogen and oxygen atoms in total. The van der Waals surface area contributed by atoms with Crippen LogP contribution < -0.4 is 0 Å². The number of sulfone groups is 1. The fraction of sp³-hybridized carbons (Fsp3) is 0.600. The van der Waals surface area contributed by atoms with Crippen molar-refractivity contribution in [3.63, 3.8) is 0 Å². The van der Waals surface area contributed by atoms with Gasteiger partial charge in [-0.1, -0.05) is 18.2 Å². The topological polar surface area (TPSA) is 84.0 Å². The van der Waals surface area contributed by atoms with Gasteiger partial charge in [0, 0.05) is 31.7 Å². The molecule has 2 aliphatic heterocycles. The van der Waals surface area contributed by atoms with Gasteiger partial charge in [0.1, 0.15) is 5.82 Å². The van der Waals surface area contributed by atoms with Crippen LogP contribution in [0.3, 0.4) is 0 Å². The van der Waals surface area contributed by atoms with Crippen molar-refractivity contribution in [2.45, 2.75) is 11.7 Å². The summed E-state index contributed by atoms with van der Waals surface area (Å²) in [5.41, 5.74) is 0.105. The summed E-state index contributed by atoms with van der Waals surface area (Å²) in [6.07, 6.45) is 0.0346. The van der Waals surface area contributed by atoms with Crippen LogP contribution in [0.1, 0.15) is 17.2 Å². The zero-order valence-electron chi connectivity index (χ0n) is 13.7. The highest BCUT2D eigenvalue weighted by Crippen LogP contribution is 2.32. The first kappa shape index (κ1) is 18.7. The largest absolute Gasteiger partial charge is 0.379 e. The van der Waals surface area contributed by atoms with Crippen LogP contribution in [-0.4, -0.2) is 70.6 Å². The fourth-order valence-corrected chi connectivity index (χ4v) is 6.69. The quantitative estimate of drug-likeness (QED) is 0.751. The van der Waals surface area contributed by atoms with Gasteiger partial charge in [-0.3, -0.25) is 0 Å². The van der Waals surface area contributed by atoms with Gasteiger partial charge in [0.2, 0.25) is 0 Å². The minimum Gasteiger partial charge on any atom is -0.379 e. The molecule has 140 valence electrons. The molecule has 2 heterocycles. The Morgan fingerprint density at radius 1 is 1.04 bits per heavy atom. The molecule has 25 heavy (non-hydrogen) atoms. The molecule has 0 saturated carbocycles. The Morgan fingerprint density at radius 3 is 2.36 bits per heavy atom. The molecule has 0 N–H and O–H groups in total. The van der Waals surface area contributed by atoms with E-state index in [0.717, 1.165) is 0 Å². The van der Waals surface area contributed by atoms with Crippen LogP contribution in [0.4, 0.5) is 4.39 Å². The maximum absolute atomic E-state index is 14.1. The number of hydrogen-bond acceptors (Lipinski definition) is 5. The first-order chi connectivity index (χ1) is 11.8. The van der Waals surface area contributed by atoms with Gasteiger partial charge in [-0.05, 0) is 12.5 Å². The number of halogens is 1. The second-order valence-corrected chi connectivity index (χ2v) is 10.3. The van der Waals surface area contributed by atoms with Crippen LogP contribution in [0.5, 0.6) is 0 Å². The van der Waals surface area contributed by atoms with Gasteiger partial charge < -0.3 is 4.74 Å². The van der Waals surface area contributed by atoms with Crippen LogP contribution in [0, 0.1) is 5.82 Å². The van der Waals surface area contributed by atoms with E-state index in [4.69, 9.17) is 4.74 Å². The molecule has 3 rings (SSSR count). The van der Waals surface area contributed by atoms with E-state index < -0.39 is 31.1 Å². The lowest BCUT2D eigenvalue weighted by molar-refractivity contribution is 0.0703. The van der Waals surface area contributed by atoms with E-state index in [0.29, 0.717) is 13.2 Å². The molecule has 0 amide bonds. The smallest absolute Gasteiger partial charge is 0.282 e. The molecule has 10 heteroatoms. The average molecular weight is 392 g/mol. The fourth-order valence-electron chi connectivity index (χ4n) is 3.18. The van der Waals surface area contributed by atoms with Crippen molar-refractivity contribution < 1.29 is 26.0 Å². The highest BCUT2D eigenvalue weighted by molar-refractivity contribution is 7.91. The van der Waals surface area contributed by atoms with Crippen molar-refractivity contribution in [3.05, 3.63) is 35.6 Å². The summed E-state index contributed by atoms with van der Waals surface area (Å²) in [5, 5.41) is -1.03. The molecular weight excluding hydrogens is 371 g/mol. The average Bonchev–Trinajstić information content (AvgIpc) is 2.75. The predicted molar refractivity (Wildman–Crippen MR) is 90.4 cm³/mol. The number of rotatable bonds is 3. The van der Waals surface area contributed by atoms with E-state index in [2.05, 4.69) is 0 Å². The van der Waals surface area contributed by atoms with Crippen LogP contribution in [0.15, 0.2) is 24.3 Å². The third-order valence-corrected chi connectivity index (χ3v) is 8.72. The third kappa shape index (κ3) is 3.87. The van der Waals surface area contributed by atoms with Gasteiger partial charge in [0.05, 0.1) is 24.2 Å². The zero-order valence-corrected chi connectivity index (χ0v) is 15.3. The van der Waals surface area contributed by atoms with Crippen molar-refractivity contribution >= 4 is 20.0 Å². The van der Waals surface area contributed by atoms with E-state index in [1.807, 2.05) is 0 Å². The Morgan fingerprint density at radius 2 is 1.68 bits per heavy atom. The molecule has 0 aromatic heterocycles. The summed E-state index contributed by atoms with van der Waals surface area (Å²) in [5.74, 6) is -0.907. The summed E-state index contributed by atoms with van der Waals surface area (Å²) in [4.78, 5) is 0. The van der Waals surface area contributed by atoms with E-state index in [9.17, 15) is 21.2 Å². The monoisotopic (exact) mass is 392 g/mol. The molecule has 2 aliphatic rings. The molecule has 0 aliphatic carbocycles. The van der Waals surface area contributed by atoms with Gasteiger partial charge in [0.15, 0.2) is 9.84 Å². The minimum absolute atomic E-state index is 0.0346. The molecule has 0 radical (unpaired) electrons. The highest BCUT2D eigenvalue weighted by Gasteiger charge is 2.38. The third-order valence-electron chi connectivity index (χ3n) is 4.57. The summed E-state index contributed by atoms with van der Waals surface area (Å²) < 4.78 is 72.4. The van der Waals surface area contributed by atoms with Gasteiger partial charge in [-0.2, -0.15) is 17.0 Å². The number of hydrogen-bond donors (Lipinski definition) is 0. The molecule has 1 aromatic carbocycles. The first-order valence-electron chi connectivity index (χ1n) is 8.11. The van der Waals surface area contributed by atoms with Crippen molar-refractivity contribution in [1.29, 1.82) is 0 Å². The van der Waals surface area contributed by atoms with Gasteiger partial charge in [-0.15, -0.1) is 0 Å². The van der Waals surface area contributed by atoms with Crippen molar-refractivity contribution in [1.82, 2.24) is 8.61 Å². The summed E-state index contributed by atoms with van der Waals surface area (Å²) in [7, 11) is -7.39. The number of benzene rings is 1. The minimum atomic E-state index is -3.75. The molecule has 0 spiro atoms. The van der Waals surface area contributed by atoms with Crippen molar-refractivity contribution in [2.24, 2.45) is 0 Å². The van der Waals surface area contributed by atoms with Gasteiger partial charge in [0.25, 0.3) is 10.2 Å². The standard InChI is InChI=1S/C15H21FN2O5S2/c16-14-4-2-1-3-13(14)15-5-6-17(9-12-24(15,19)20)25(21,22)18-7-10-23-11-8-18/h1-4,15H,5-12H2. The molecule has 1 aromatic rings. The number of ether oxygens (including phenoxy) is 1. The molecule has 1 unspecified atom stereocenters. The summed E-state index contributed by atoms with van der Waals surface area (Å²) in [6.45, 7) is 1.07. The zero-order chi connectivity index (χ0) is 18.1. The summed E-state index contributed by atoms with van der Waals surface area (Å²) in [6, 6.07) is 5.75. The normalized spacial score (nSPS) is 26.2. The Hall–Kier alpha value is -1.07. The molecule has 1 atom stereocenters. The van der Waals surface area contributed by atoms with Crippen LogP contribution in [0.25, 0.3) is 0 Å². The molecule has 2 fully saturated rings. The molecule has 0 bridgehead atoms. The van der Waals surface area contributed by atoms with E-state index in [1.165, 1.54) is 26.8 Å². The predicted octanol–water partition coefficient (Wildman–Crippen LogP) is 0.564. The lowest BCUT2D eigenvalue weighted by atomic mass is 10.1.